The molecule has 2 heteroatoms. The van der Waals surface area contributed by atoms with Crippen LogP contribution < -0.4 is 5.32 Å². The van der Waals surface area contributed by atoms with Gasteiger partial charge < -0.3 is 10.1 Å². The van der Waals surface area contributed by atoms with Crippen LogP contribution >= 0.6 is 0 Å². The molecule has 1 aromatic rings. The second-order valence-corrected chi connectivity index (χ2v) is 5.38. The molecule has 0 amide bonds. The summed E-state index contributed by atoms with van der Waals surface area (Å²) in [6, 6.07) is 6.57. The molecular formula is C17H29NO. The molecule has 0 atom stereocenters. The molecule has 0 radical (unpaired) electrons. The monoisotopic (exact) mass is 263 g/mol. The molecule has 0 spiro atoms. The quantitative estimate of drug-likeness (QED) is 0.671. The summed E-state index contributed by atoms with van der Waals surface area (Å²) in [5, 5.41) is 3.55. The zero-order chi connectivity index (χ0) is 14.1. The molecule has 108 valence electrons. The third-order valence-electron chi connectivity index (χ3n) is 3.39. The van der Waals surface area contributed by atoms with Gasteiger partial charge in [-0.05, 0) is 36.3 Å². The summed E-state index contributed by atoms with van der Waals surface area (Å²) in [5.74, 6) is 0.723. The fraction of sp³-hybridized carbons (Fsp3) is 0.647. The van der Waals surface area contributed by atoms with E-state index < -0.39 is 0 Å². The molecule has 0 aliphatic carbocycles. The average molecular weight is 263 g/mol. The van der Waals surface area contributed by atoms with Crippen molar-refractivity contribution in [1.82, 2.24) is 0 Å². The van der Waals surface area contributed by atoms with E-state index >= 15 is 0 Å². The topological polar surface area (TPSA) is 21.3 Å². The maximum Gasteiger partial charge on any atom is 0.0639 e. The van der Waals surface area contributed by atoms with Crippen LogP contribution in [0.4, 0.5) is 5.69 Å². The van der Waals surface area contributed by atoms with Gasteiger partial charge in [-0.1, -0.05) is 45.9 Å². The van der Waals surface area contributed by atoms with Crippen molar-refractivity contribution in [3.8, 4) is 0 Å². The highest BCUT2D eigenvalue weighted by atomic mass is 16.5. The van der Waals surface area contributed by atoms with Crippen molar-refractivity contribution in [3.05, 3.63) is 29.3 Å². The molecule has 19 heavy (non-hydrogen) atoms. The molecular weight excluding hydrogens is 234 g/mol. The molecule has 0 heterocycles. The van der Waals surface area contributed by atoms with Crippen LogP contribution in [-0.2, 0) is 17.6 Å². The number of ether oxygens (including phenoxy) is 1. The van der Waals surface area contributed by atoms with Crippen molar-refractivity contribution < 1.29 is 4.74 Å². The second-order valence-electron chi connectivity index (χ2n) is 5.38. The SMILES string of the molecule is CCc1cccc(CC)c1NCCOCCC(C)C. The van der Waals surface area contributed by atoms with Gasteiger partial charge in [-0.2, -0.15) is 0 Å². The summed E-state index contributed by atoms with van der Waals surface area (Å²) in [4.78, 5) is 0. The van der Waals surface area contributed by atoms with Crippen LogP contribution in [0.25, 0.3) is 0 Å². The highest BCUT2D eigenvalue weighted by molar-refractivity contribution is 5.57. The van der Waals surface area contributed by atoms with Crippen molar-refractivity contribution >= 4 is 5.69 Å². The number of aryl methyl sites for hydroxylation is 2. The molecule has 0 aliphatic heterocycles. The number of hydrogen-bond donors (Lipinski definition) is 1. The van der Waals surface area contributed by atoms with Crippen LogP contribution in [0.3, 0.4) is 0 Å². The van der Waals surface area contributed by atoms with Gasteiger partial charge in [0.15, 0.2) is 0 Å². The zero-order valence-electron chi connectivity index (χ0n) is 13.0. The Morgan fingerprint density at radius 1 is 1.05 bits per heavy atom. The normalized spacial score (nSPS) is 11.0. The van der Waals surface area contributed by atoms with Gasteiger partial charge in [-0.25, -0.2) is 0 Å². The lowest BCUT2D eigenvalue weighted by Gasteiger charge is -2.15. The Balaban J connectivity index is 2.40. The fourth-order valence-electron chi connectivity index (χ4n) is 2.14. The summed E-state index contributed by atoms with van der Waals surface area (Å²) >= 11 is 0. The van der Waals surface area contributed by atoms with Crippen molar-refractivity contribution in [1.29, 1.82) is 0 Å². The molecule has 0 saturated carbocycles. The molecule has 0 unspecified atom stereocenters. The van der Waals surface area contributed by atoms with E-state index in [0.717, 1.165) is 44.9 Å². The van der Waals surface area contributed by atoms with Crippen LogP contribution in [-0.4, -0.2) is 19.8 Å². The highest BCUT2D eigenvalue weighted by Gasteiger charge is 2.05. The molecule has 2 nitrogen and oxygen atoms in total. The van der Waals surface area contributed by atoms with E-state index in [1.807, 2.05) is 0 Å². The van der Waals surface area contributed by atoms with E-state index in [-0.39, 0.29) is 0 Å². The first-order valence-electron chi connectivity index (χ1n) is 7.61. The van der Waals surface area contributed by atoms with E-state index in [1.165, 1.54) is 16.8 Å². The van der Waals surface area contributed by atoms with E-state index in [4.69, 9.17) is 4.74 Å². The number of anilines is 1. The number of hydrogen-bond acceptors (Lipinski definition) is 2. The van der Waals surface area contributed by atoms with Gasteiger partial charge in [0.1, 0.15) is 0 Å². The maximum absolute atomic E-state index is 5.65. The van der Waals surface area contributed by atoms with Crippen LogP contribution in [0, 0.1) is 5.92 Å². The Morgan fingerprint density at radius 2 is 1.68 bits per heavy atom. The average Bonchev–Trinajstić information content (AvgIpc) is 2.42. The second kappa shape index (κ2) is 8.98. The van der Waals surface area contributed by atoms with Crippen LogP contribution in [0.5, 0.6) is 0 Å². The van der Waals surface area contributed by atoms with Crippen molar-refractivity contribution in [3.63, 3.8) is 0 Å². The van der Waals surface area contributed by atoms with E-state index in [1.54, 1.807) is 0 Å². The Labute approximate surface area is 118 Å². The fourth-order valence-corrected chi connectivity index (χ4v) is 2.14. The summed E-state index contributed by atoms with van der Waals surface area (Å²) < 4.78 is 5.65. The molecule has 0 saturated heterocycles. The predicted octanol–water partition coefficient (Wildman–Crippen LogP) is 4.29. The van der Waals surface area contributed by atoms with Gasteiger partial charge in [-0.15, -0.1) is 0 Å². The molecule has 1 aromatic carbocycles. The van der Waals surface area contributed by atoms with E-state index in [0.29, 0.717) is 0 Å². The smallest absolute Gasteiger partial charge is 0.0639 e. The number of nitrogens with one attached hydrogen (secondary N) is 1. The molecule has 1 rings (SSSR count). The van der Waals surface area contributed by atoms with Gasteiger partial charge in [0, 0.05) is 18.8 Å². The Morgan fingerprint density at radius 3 is 2.21 bits per heavy atom. The highest BCUT2D eigenvalue weighted by Crippen LogP contribution is 2.22. The molecule has 0 bridgehead atoms. The van der Waals surface area contributed by atoms with Crippen molar-refractivity contribution in [2.75, 3.05) is 25.1 Å². The minimum Gasteiger partial charge on any atom is -0.382 e. The van der Waals surface area contributed by atoms with Gasteiger partial charge >= 0.3 is 0 Å². The lowest BCUT2D eigenvalue weighted by atomic mass is 10.0. The van der Waals surface area contributed by atoms with Crippen LogP contribution in [0.2, 0.25) is 0 Å². The maximum atomic E-state index is 5.65. The minimum atomic E-state index is 0.723. The van der Waals surface area contributed by atoms with Crippen LogP contribution in [0.15, 0.2) is 18.2 Å². The number of benzene rings is 1. The van der Waals surface area contributed by atoms with Crippen molar-refractivity contribution in [2.45, 2.75) is 47.0 Å². The summed E-state index contributed by atoms with van der Waals surface area (Å²) in [7, 11) is 0. The Hall–Kier alpha value is -1.02. The first kappa shape index (κ1) is 16.0. The molecule has 0 aromatic heterocycles. The van der Waals surface area contributed by atoms with E-state index in [9.17, 15) is 0 Å². The first-order valence-corrected chi connectivity index (χ1v) is 7.61. The first-order chi connectivity index (χ1) is 9.19. The van der Waals surface area contributed by atoms with Gasteiger partial charge in [0.2, 0.25) is 0 Å². The van der Waals surface area contributed by atoms with Gasteiger partial charge in [-0.3, -0.25) is 0 Å². The third kappa shape index (κ3) is 5.65. The number of rotatable bonds is 9. The molecule has 0 fully saturated rings. The van der Waals surface area contributed by atoms with Crippen LogP contribution in [0.1, 0.15) is 45.2 Å². The molecule has 0 aliphatic rings. The Kier molecular flexibility index (Phi) is 7.57. The van der Waals surface area contributed by atoms with Crippen molar-refractivity contribution in [2.24, 2.45) is 5.92 Å². The minimum absolute atomic E-state index is 0.723. The summed E-state index contributed by atoms with van der Waals surface area (Å²) in [5.41, 5.74) is 4.13. The third-order valence-corrected chi connectivity index (χ3v) is 3.39. The van der Waals surface area contributed by atoms with Gasteiger partial charge in [0.25, 0.3) is 0 Å². The lowest BCUT2D eigenvalue weighted by Crippen LogP contribution is -2.13. The summed E-state index contributed by atoms with van der Waals surface area (Å²) in [6.07, 6.45) is 3.29. The lowest BCUT2D eigenvalue weighted by molar-refractivity contribution is 0.132. The number of para-hydroxylation sites is 1. The summed E-state index contributed by atoms with van der Waals surface area (Å²) in [6.45, 7) is 11.4. The zero-order valence-corrected chi connectivity index (χ0v) is 13.0. The Bertz CT molecular complexity index is 338. The van der Waals surface area contributed by atoms with E-state index in [2.05, 4.69) is 51.2 Å². The largest absolute Gasteiger partial charge is 0.382 e. The van der Waals surface area contributed by atoms with Gasteiger partial charge in [0.05, 0.1) is 6.61 Å². The molecule has 1 N–H and O–H groups in total. The standard InChI is InChI=1S/C17H29NO/c1-5-15-8-7-9-16(6-2)17(15)18-11-13-19-12-10-14(3)4/h7-9,14,18H,5-6,10-13H2,1-4H3. The predicted molar refractivity (Wildman–Crippen MR) is 84.0 cm³/mol.